The second-order valence-electron chi connectivity index (χ2n) is 7.00. The molecule has 3 aromatic rings. The molecule has 1 aliphatic heterocycles. The highest BCUT2D eigenvalue weighted by molar-refractivity contribution is 5.88. The Kier molecular flexibility index (Phi) is 5.11. The summed E-state index contributed by atoms with van der Waals surface area (Å²) < 4.78 is 16.0. The maximum atomic E-state index is 13.2. The van der Waals surface area contributed by atoms with Crippen molar-refractivity contribution in [2.24, 2.45) is 0 Å². The lowest BCUT2D eigenvalue weighted by Gasteiger charge is -2.35. The zero-order valence-corrected chi connectivity index (χ0v) is 15.7. The molecule has 1 aliphatic rings. The number of aliphatic hydroxyl groups is 3. The minimum atomic E-state index is -1.73. The Labute approximate surface area is 173 Å². The van der Waals surface area contributed by atoms with Crippen LogP contribution in [-0.4, -0.2) is 67.0 Å². The van der Waals surface area contributed by atoms with Crippen LogP contribution in [0.25, 0.3) is 22.3 Å². The maximum Gasteiger partial charge on any atom is 0.239 e. The molecule has 0 bridgehead atoms. The highest BCUT2D eigenvalue weighted by Crippen LogP contribution is 2.39. The number of fused-ring (bicyclic) bond motifs is 1. The molecule has 0 saturated carbocycles. The summed E-state index contributed by atoms with van der Waals surface area (Å²) in [4.78, 5) is 13.2. The van der Waals surface area contributed by atoms with Gasteiger partial charge in [-0.25, -0.2) is 0 Å². The Bertz CT molecular complexity index is 1200. The van der Waals surface area contributed by atoms with Crippen molar-refractivity contribution in [2.45, 2.75) is 24.6 Å². The van der Waals surface area contributed by atoms with E-state index in [9.17, 15) is 40.5 Å². The molecule has 1 aromatic heterocycles. The quantitative estimate of drug-likeness (QED) is 0.277. The summed E-state index contributed by atoms with van der Waals surface area (Å²) in [6.07, 6.45) is -6.35. The normalized spacial score (nSPS) is 23.7. The number of phenols is 4. The standard InChI is InChI=1S/C20H18O11/c21-8-4-11(24)14-13(5-8)30-17(7-1-2-9(22)10(23)3-7)19(15(14)26)31-18-12(25)6-29-20(28)16(18)27/h1-5,12,16,18,20-25,27-28H,6H2. The molecular formula is C20H18O11. The first kappa shape index (κ1) is 20.8. The average molecular weight is 434 g/mol. The summed E-state index contributed by atoms with van der Waals surface area (Å²) in [5, 5.41) is 69.0. The first-order valence-electron chi connectivity index (χ1n) is 9.05. The first-order chi connectivity index (χ1) is 14.7. The van der Waals surface area contributed by atoms with Gasteiger partial charge in [0.1, 0.15) is 34.7 Å². The van der Waals surface area contributed by atoms with Crippen molar-refractivity contribution in [1.82, 2.24) is 0 Å². The number of aliphatic hydroxyl groups excluding tert-OH is 3. The van der Waals surface area contributed by atoms with E-state index in [0.29, 0.717) is 0 Å². The number of aromatic hydroxyl groups is 4. The average Bonchev–Trinajstić information content (AvgIpc) is 2.71. The topological polar surface area (TPSA) is 190 Å². The van der Waals surface area contributed by atoms with Crippen molar-refractivity contribution in [3.05, 3.63) is 40.6 Å². The van der Waals surface area contributed by atoms with Crippen molar-refractivity contribution < 1.29 is 49.6 Å². The molecule has 4 atom stereocenters. The summed E-state index contributed by atoms with van der Waals surface area (Å²) in [5.74, 6) is -2.83. The van der Waals surface area contributed by atoms with Gasteiger partial charge in [-0.3, -0.25) is 4.79 Å². The maximum absolute atomic E-state index is 13.2. The molecule has 0 amide bonds. The van der Waals surface area contributed by atoms with Crippen molar-refractivity contribution >= 4 is 11.0 Å². The summed E-state index contributed by atoms with van der Waals surface area (Å²) in [7, 11) is 0. The van der Waals surface area contributed by atoms with Crippen LogP contribution in [0, 0.1) is 0 Å². The van der Waals surface area contributed by atoms with Crippen LogP contribution in [0.2, 0.25) is 0 Å². The SMILES string of the molecule is O=c1c(OC2C(O)COC(O)C2O)c(-c2ccc(O)c(O)c2)oc2cc(O)cc(O)c12. The molecule has 31 heavy (non-hydrogen) atoms. The fourth-order valence-corrected chi connectivity index (χ4v) is 3.29. The summed E-state index contributed by atoms with van der Waals surface area (Å²) >= 11 is 0. The van der Waals surface area contributed by atoms with Gasteiger partial charge in [0.05, 0.1) is 6.61 Å². The molecule has 1 saturated heterocycles. The molecule has 0 radical (unpaired) electrons. The lowest BCUT2D eigenvalue weighted by atomic mass is 10.0. The fourth-order valence-electron chi connectivity index (χ4n) is 3.29. The van der Waals surface area contributed by atoms with Gasteiger partial charge in [0.15, 0.2) is 29.7 Å². The second kappa shape index (κ2) is 7.63. The van der Waals surface area contributed by atoms with Crippen LogP contribution in [-0.2, 0) is 4.74 Å². The lowest BCUT2D eigenvalue weighted by molar-refractivity contribution is -0.246. The fraction of sp³-hybridized carbons (Fsp3) is 0.250. The van der Waals surface area contributed by atoms with Gasteiger partial charge in [0.25, 0.3) is 0 Å². The van der Waals surface area contributed by atoms with Gasteiger partial charge in [-0.15, -0.1) is 0 Å². The predicted molar refractivity (Wildman–Crippen MR) is 103 cm³/mol. The first-order valence-corrected chi connectivity index (χ1v) is 9.05. The monoisotopic (exact) mass is 434 g/mol. The van der Waals surface area contributed by atoms with E-state index in [1.807, 2.05) is 0 Å². The molecule has 164 valence electrons. The second-order valence-corrected chi connectivity index (χ2v) is 7.00. The zero-order chi connectivity index (χ0) is 22.4. The van der Waals surface area contributed by atoms with Gasteiger partial charge in [-0.1, -0.05) is 0 Å². The van der Waals surface area contributed by atoms with Crippen molar-refractivity contribution in [3.63, 3.8) is 0 Å². The van der Waals surface area contributed by atoms with E-state index in [1.165, 1.54) is 6.07 Å². The highest BCUT2D eigenvalue weighted by atomic mass is 16.6. The number of rotatable bonds is 3. The number of hydrogen-bond acceptors (Lipinski definition) is 11. The van der Waals surface area contributed by atoms with Gasteiger partial charge in [-0.2, -0.15) is 0 Å². The van der Waals surface area contributed by atoms with Crippen molar-refractivity contribution in [2.75, 3.05) is 6.61 Å². The Morgan fingerprint density at radius 2 is 1.68 bits per heavy atom. The van der Waals surface area contributed by atoms with E-state index >= 15 is 0 Å². The van der Waals surface area contributed by atoms with Gasteiger partial charge in [0.2, 0.25) is 11.2 Å². The van der Waals surface area contributed by atoms with Crippen molar-refractivity contribution in [3.8, 4) is 40.1 Å². The third kappa shape index (κ3) is 3.59. The molecule has 11 nitrogen and oxygen atoms in total. The third-order valence-electron chi connectivity index (χ3n) is 4.85. The third-order valence-corrected chi connectivity index (χ3v) is 4.85. The van der Waals surface area contributed by atoms with Crippen LogP contribution in [0.15, 0.2) is 39.5 Å². The molecule has 0 spiro atoms. The van der Waals surface area contributed by atoms with Gasteiger partial charge < -0.3 is 49.6 Å². The summed E-state index contributed by atoms with van der Waals surface area (Å²) in [5.41, 5.74) is -1.07. The Morgan fingerprint density at radius 1 is 0.935 bits per heavy atom. The number of hydrogen-bond donors (Lipinski definition) is 7. The molecule has 4 rings (SSSR count). The highest BCUT2D eigenvalue weighted by Gasteiger charge is 2.41. The Balaban J connectivity index is 1.96. The van der Waals surface area contributed by atoms with Crippen LogP contribution in [0.4, 0.5) is 0 Å². The van der Waals surface area contributed by atoms with Crippen LogP contribution < -0.4 is 10.2 Å². The molecule has 0 aliphatic carbocycles. The minimum absolute atomic E-state index is 0.0590. The van der Waals surface area contributed by atoms with Gasteiger partial charge in [0, 0.05) is 17.7 Å². The van der Waals surface area contributed by atoms with Gasteiger partial charge in [-0.05, 0) is 18.2 Å². The summed E-state index contributed by atoms with van der Waals surface area (Å²) in [6.45, 7) is -0.393. The molecule has 1 fully saturated rings. The lowest BCUT2D eigenvalue weighted by Crippen LogP contribution is -2.55. The van der Waals surface area contributed by atoms with Crippen molar-refractivity contribution in [1.29, 1.82) is 0 Å². The minimum Gasteiger partial charge on any atom is -0.508 e. The van der Waals surface area contributed by atoms with E-state index in [1.54, 1.807) is 0 Å². The molecule has 2 heterocycles. The molecule has 4 unspecified atom stereocenters. The Morgan fingerprint density at radius 3 is 2.39 bits per heavy atom. The number of benzene rings is 2. The zero-order valence-electron chi connectivity index (χ0n) is 15.7. The van der Waals surface area contributed by atoms with Crippen LogP contribution in [0.5, 0.6) is 28.7 Å². The molecular weight excluding hydrogens is 416 g/mol. The van der Waals surface area contributed by atoms with Gasteiger partial charge >= 0.3 is 0 Å². The van der Waals surface area contributed by atoms with E-state index in [0.717, 1.165) is 24.3 Å². The van der Waals surface area contributed by atoms with E-state index in [-0.39, 0.29) is 28.0 Å². The van der Waals surface area contributed by atoms with Crippen LogP contribution in [0.1, 0.15) is 0 Å². The smallest absolute Gasteiger partial charge is 0.239 e. The summed E-state index contributed by atoms with van der Waals surface area (Å²) in [6, 6.07) is 5.48. The largest absolute Gasteiger partial charge is 0.508 e. The number of phenolic OH excluding ortho intramolecular Hbond substituents is 4. The van der Waals surface area contributed by atoms with Crippen LogP contribution >= 0.6 is 0 Å². The molecule has 2 aromatic carbocycles. The van der Waals surface area contributed by atoms with E-state index < -0.39 is 59.6 Å². The molecule has 7 N–H and O–H groups in total. The molecule has 11 heteroatoms. The number of ether oxygens (including phenoxy) is 2. The van der Waals surface area contributed by atoms with Crippen LogP contribution in [0.3, 0.4) is 0 Å². The van der Waals surface area contributed by atoms with E-state index in [2.05, 4.69) is 0 Å². The van der Waals surface area contributed by atoms with E-state index in [4.69, 9.17) is 13.9 Å². The predicted octanol–water partition coefficient (Wildman–Crippen LogP) is 0.100. The Hall–Kier alpha value is -3.51.